The molecule has 0 spiro atoms. The molecule has 144 valence electrons. The molecule has 26 heavy (non-hydrogen) atoms. The summed E-state index contributed by atoms with van der Waals surface area (Å²) in [5.74, 6) is 0.507. The Labute approximate surface area is 159 Å². The van der Waals surface area contributed by atoms with E-state index in [2.05, 4.69) is 23.4 Å². The normalized spacial score (nSPS) is 24.2. The van der Waals surface area contributed by atoms with Gasteiger partial charge in [0.2, 0.25) is 6.29 Å². The third-order valence-corrected chi connectivity index (χ3v) is 5.83. The molecule has 1 aromatic heterocycles. The average Bonchev–Trinajstić information content (AvgIpc) is 3.20. The second-order valence-corrected chi connectivity index (χ2v) is 7.81. The summed E-state index contributed by atoms with van der Waals surface area (Å²) < 4.78 is 11.8. The SMILES string of the molecule is CN1CCN(C(=O)C2=C[C@@H](c3cccs3)C[C@@H](OCCCCO)O2)CC1. The Morgan fingerprint density at radius 1 is 1.35 bits per heavy atom. The van der Waals surface area contributed by atoms with Crippen molar-refractivity contribution in [2.24, 2.45) is 0 Å². The first-order chi connectivity index (χ1) is 12.7. The molecule has 3 heterocycles. The van der Waals surface area contributed by atoms with Crippen molar-refractivity contribution in [2.45, 2.75) is 31.5 Å². The Morgan fingerprint density at radius 2 is 2.15 bits per heavy atom. The van der Waals surface area contributed by atoms with Crippen molar-refractivity contribution in [1.82, 2.24) is 9.80 Å². The Balaban J connectivity index is 1.67. The number of unbranched alkanes of at least 4 members (excludes halogenated alkanes) is 1. The predicted octanol–water partition coefficient (Wildman–Crippen LogP) is 2.03. The van der Waals surface area contributed by atoms with Gasteiger partial charge in [-0.15, -0.1) is 11.3 Å². The number of allylic oxidation sites excluding steroid dienone is 1. The Kier molecular flexibility index (Phi) is 7.07. The molecule has 0 saturated carbocycles. The average molecular weight is 381 g/mol. The summed E-state index contributed by atoms with van der Waals surface area (Å²) in [6, 6.07) is 4.13. The van der Waals surface area contributed by atoms with Gasteiger partial charge in [0.05, 0.1) is 6.61 Å². The lowest BCUT2D eigenvalue weighted by Gasteiger charge is -2.35. The maximum Gasteiger partial charge on any atom is 0.288 e. The molecule has 0 bridgehead atoms. The fourth-order valence-corrected chi connectivity index (χ4v) is 4.02. The number of ether oxygens (including phenoxy) is 2. The molecule has 7 heteroatoms. The highest BCUT2D eigenvalue weighted by Crippen LogP contribution is 2.34. The van der Waals surface area contributed by atoms with Crippen molar-refractivity contribution < 1.29 is 19.4 Å². The van der Waals surface area contributed by atoms with E-state index in [4.69, 9.17) is 14.6 Å². The van der Waals surface area contributed by atoms with Crippen molar-refractivity contribution in [2.75, 3.05) is 46.4 Å². The van der Waals surface area contributed by atoms with Gasteiger partial charge in [-0.1, -0.05) is 6.07 Å². The van der Waals surface area contributed by atoms with Gasteiger partial charge in [-0.05, 0) is 37.4 Å². The minimum absolute atomic E-state index is 0.0386. The zero-order chi connectivity index (χ0) is 18.4. The number of likely N-dealkylation sites (N-methyl/N-ethyl adjacent to an activating group) is 1. The summed E-state index contributed by atoms with van der Waals surface area (Å²) in [7, 11) is 2.07. The summed E-state index contributed by atoms with van der Waals surface area (Å²) in [4.78, 5) is 18.2. The zero-order valence-electron chi connectivity index (χ0n) is 15.3. The number of aliphatic hydroxyl groups is 1. The van der Waals surface area contributed by atoms with Crippen molar-refractivity contribution in [1.29, 1.82) is 0 Å². The molecule has 2 aliphatic rings. The van der Waals surface area contributed by atoms with Crippen LogP contribution in [-0.4, -0.2) is 73.5 Å². The van der Waals surface area contributed by atoms with Gasteiger partial charge in [0.25, 0.3) is 5.91 Å². The minimum Gasteiger partial charge on any atom is -0.459 e. The van der Waals surface area contributed by atoms with E-state index in [-0.39, 0.29) is 18.4 Å². The summed E-state index contributed by atoms with van der Waals surface area (Å²) >= 11 is 1.69. The minimum atomic E-state index is -0.419. The van der Waals surface area contributed by atoms with E-state index in [9.17, 15) is 4.79 Å². The van der Waals surface area contributed by atoms with E-state index in [0.29, 0.717) is 25.2 Å². The molecule has 1 fully saturated rings. The lowest BCUT2D eigenvalue weighted by Crippen LogP contribution is -2.48. The van der Waals surface area contributed by atoms with Gasteiger partial charge in [-0.3, -0.25) is 4.79 Å². The van der Waals surface area contributed by atoms with Crippen molar-refractivity contribution in [3.63, 3.8) is 0 Å². The topological polar surface area (TPSA) is 62.2 Å². The highest BCUT2D eigenvalue weighted by atomic mass is 32.1. The lowest BCUT2D eigenvalue weighted by molar-refractivity contribution is -0.153. The second-order valence-electron chi connectivity index (χ2n) is 6.83. The van der Waals surface area contributed by atoms with Gasteiger partial charge in [0.1, 0.15) is 0 Å². The van der Waals surface area contributed by atoms with Crippen LogP contribution >= 0.6 is 11.3 Å². The second kappa shape index (κ2) is 9.50. The number of carbonyl (C=O) groups excluding carboxylic acids is 1. The first-order valence-electron chi connectivity index (χ1n) is 9.29. The molecule has 0 aliphatic carbocycles. The molecule has 3 rings (SSSR count). The van der Waals surface area contributed by atoms with Crippen LogP contribution in [0.4, 0.5) is 0 Å². The first kappa shape index (κ1) is 19.4. The third kappa shape index (κ3) is 5.07. The predicted molar refractivity (Wildman–Crippen MR) is 101 cm³/mol. The van der Waals surface area contributed by atoms with E-state index < -0.39 is 6.29 Å². The molecule has 2 aliphatic heterocycles. The number of hydrogen-bond donors (Lipinski definition) is 1. The van der Waals surface area contributed by atoms with Crippen LogP contribution in [-0.2, 0) is 14.3 Å². The van der Waals surface area contributed by atoms with E-state index in [1.54, 1.807) is 11.3 Å². The van der Waals surface area contributed by atoms with Gasteiger partial charge in [0, 0.05) is 50.0 Å². The Bertz CT molecular complexity index is 597. The molecule has 0 aromatic carbocycles. The van der Waals surface area contributed by atoms with Crippen molar-refractivity contribution in [3.8, 4) is 0 Å². The highest BCUT2D eigenvalue weighted by Gasteiger charge is 2.32. The molecule has 0 unspecified atom stereocenters. The highest BCUT2D eigenvalue weighted by molar-refractivity contribution is 7.10. The number of piperazine rings is 1. The third-order valence-electron chi connectivity index (χ3n) is 4.82. The number of aliphatic hydroxyl groups excluding tert-OH is 1. The molecule has 1 amide bonds. The molecule has 0 radical (unpaired) electrons. The smallest absolute Gasteiger partial charge is 0.288 e. The standard InChI is InChI=1S/C19H28N2O4S/c1-20-6-8-21(9-7-20)19(23)16-13-15(17-5-4-12-26-17)14-18(25-16)24-11-3-2-10-22/h4-5,12-13,15,18,22H,2-3,6-11,14H2,1H3/t15-,18+/m1/s1. The number of nitrogens with zero attached hydrogens (tertiary/aromatic N) is 2. The Hall–Kier alpha value is -1.41. The molecule has 1 aromatic rings. The molecular formula is C19H28N2O4S. The number of hydrogen-bond acceptors (Lipinski definition) is 6. The fraction of sp³-hybridized carbons (Fsp3) is 0.632. The maximum atomic E-state index is 12.9. The van der Waals surface area contributed by atoms with Gasteiger partial charge >= 0.3 is 0 Å². The molecule has 1 saturated heterocycles. The van der Waals surface area contributed by atoms with Gasteiger partial charge in [-0.25, -0.2) is 0 Å². The van der Waals surface area contributed by atoms with E-state index in [0.717, 1.165) is 32.6 Å². The monoisotopic (exact) mass is 380 g/mol. The van der Waals surface area contributed by atoms with Crippen LogP contribution in [0.1, 0.15) is 30.1 Å². The summed E-state index contributed by atoms with van der Waals surface area (Å²) in [6.45, 7) is 3.91. The number of rotatable bonds is 7. The van der Waals surface area contributed by atoms with E-state index in [1.807, 2.05) is 17.0 Å². The zero-order valence-corrected chi connectivity index (χ0v) is 16.1. The molecule has 2 atom stereocenters. The van der Waals surface area contributed by atoms with Crippen LogP contribution in [0, 0.1) is 0 Å². The molecular weight excluding hydrogens is 352 g/mol. The summed E-state index contributed by atoms with van der Waals surface area (Å²) in [6.07, 6.45) is 3.74. The first-order valence-corrected chi connectivity index (χ1v) is 10.2. The Morgan fingerprint density at radius 3 is 2.85 bits per heavy atom. The van der Waals surface area contributed by atoms with Crippen LogP contribution in [0.15, 0.2) is 29.3 Å². The fourth-order valence-electron chi connectivity index (χ4n) is 3.21. The largest absolute Gasteiger partial charge is 0.459 e. The van der Waals surface area contributed by atoms with E-state index >= 15 is 0 Å². The van der Waals surface area contributed by atoms with Crippen LogP contribution in [0.25, 0.3) is 0 Å². The van der Waals surface area contributed by atoms with Gasteiger partial charge in [0.15, 0.2) is 5.76 Å². The van der Waals surface area contributed by atoms with Crippen molar-refractivity contribution >= 4 is 17.2 Å². The number of thiophene rings is 1. The molecule has 6 nitrogen and oxygen atoms in total. The van der Waals surface area contributed by atoms with E-state index in [1.165, 1.54) is 4.88 Å². The van der Waals surface area contributed by atoms with Crippen LogP contribution in [0.2, 0.25) is 0 Å². The van der Waals surface area contributed by atoms with Crippen molar-refractivity contribution in [3.05, 3.63) is 34.2 Å². The van der Waals surface area contributed by atoms with Gasteiger partial charge in [-0.2, -0.15) is 0 Å². The molecule has 1 N–H and O–H groups in total. The van der Waals surface area contributed by atoms with Crippen LogP contribution < -0.4 is 0 Å². The summed E-state index contributed by atoms with van der Waals surface area (Å²) in [5.41, 5.74) is 0. The van der Waals surface area contributed by atoms with Gasteiger partial charge < -0.3 is 24.4 Å². The maximum absolute atomic E-state index is 12.9. The van der Waals surface area contributed by atoms with Crippen LogP contribution in [0.5, 0.6) is 0 Å². The number of carbonyl (C=O) groups is 1. The quantitative estimate of drug-likeness (QED) is 0.734. The summed E-state index contributed by atoms with van der Waals surface area (Å²) in [5, 5.41) is 11.0. The number of amides is 1. The van der Waals surface area contributed by atoms with Crippen LogP contribution in [0.3, 0.4) is 0 Å². The lowest BCUT2D eigenvalue weighted by atomic mass is 9.99.